The molecule has 0 aliphatic heterocycles. The number of alkyl halides is 2. The van der Waals surface area contributed by atoms with Gasteiger partial charge in [0.1, 0.15) is 6.10 Å². The molecule has 0 fully saturated rings. The largest absolute Gasteiger partial charge is 0.232 e. The minimum atomic E-state index is -0.443. The van der Waals surface area contributed by atoms with E-state index in [1.165, 1.54) is 19.3 Å². The molecule has 0 rings (SSSR count). The third-order valence-electron chi connectivity index (χ3n) is 1.89. The molecule has 1 radical (unpaired) electrons. The van der Waals surface area contributed by atoms with Crippen LogP contribution in [0.3, 0.4) is 0 Å². The summed E-state index contributed by atoms with van der Waals surface area (Å²) in [7, 11) is 0. The van der Waals surface area contributed by atoms with Crippen LogP contribution < -0.4 is 0 Å². The van der Waals surface area contributed by atoms with Gasteiger partial charge in [0, 0.05) is 5.33 Å². The summed E-state index contributed by atoms with van der Waals surface area (Å²) in [6, 6.07) is 0. The molecule has 12 heavy (non-hydrogen) atoms. The Morgan fingerprint density at radius 1 is 1.25 bits per heavy atom. The highest BCUT2D eigenvalue weighted by Crippen LogP contribution is 2.15. The lowest BCUT2D eigenvalue weighted by molar-refractivity contribution is 0.0828. The van der Waals surface area contributed by atoms with Gasteiger partial charge in [0.2, 0.25) is 0 Å². The van der Waals surface area contributed by atoms with Crippen molar-refractivity contribution < 1.29 is 5.11 Å². The standard InChI is InChI=1S/C9H17Br2O/c1-2-3-4-5-6-9(12)8(11)7-10/h8-9H,2-7H2,1H3. The van der Waals surface area contributed by atoms with Gasteiger partial charge in [0.25, 0.3) is 0 Å². The number of hydrogen-bond acceptors (Lipinski definition) is 0. The number of halogens is 2. The lowest BCUT2D eigenvalue weighted by Gasteiger charge is -2.11. The van der Waals surface area contributed by atoms with Crippen molar-refractivity contribution in [3.8, 4) is 0 Å². The maximum atomic E-state index is 11.3. The molecule has 73 valence electrons. The summed E-state index contributed by atoms with van der Waals surface area (Å²) >= 11 is 6.64. The van der Waals surface area contributed by atoms with Crippen molar-refractivity contribution in [2.75, 3.05) is 5.33 Å². The van der Waals surface area contributed by atoms with Gasteiger partial charge in [0.05, 0.1) is 4.83 Å². The Kier molecular flexibility index (Phi) is 9.17. The molecule has 0 amide bonds. The van der Waals surface area contributed by atoms with Crippen LogP contribution in [0.25, 0.3) is 0 Å². The first-order valence-electron chi connectivity index (χ1n) is 4.58. The molecular weight excluding hydrogens is 284 g/mol. The van der Waals surface area contributed by atoms with Crippen LogP contribution in [0.5, 0.6) is 0 Å². The van der Waals surface area contributed by atoms with Crippen molar-refractivity contribution >= 4 is 31.9 Å². The van der Waals surface area contributed by atoms with E-state index in [-0.39, 0.29) is 4.83 Å². The fourth-order valence-electron chi connectivity index (χ4n) is 1.05. The normalized spacial score (nSPS) is 16.0. The average Bonchev–Trinajstić information content (AvgIpc) is 2.10. The fourth-order valence-corrected chi connectivity index (χ4v) is 1.73. The first-order chi connectivity index (χ1) is 5.72. The van der Waals surface area contributed by atoms with Gasteiger partial charge >= 0.3 is 0 Å². The second-order valence-corrected chi connectivity index (χ2v) is 4.88. The smallest absolute Gasteiger partial charge is 0.106 e. The molecule has 0 bridgehead atoms. The molecular formula is C9H17Br2O. The molecule has 2 atom stereocenters. The zero-order chi connectivity index (χ0) is 9.40. The van der Waals surface area contributed by atoms with Crippen LogP contribution in [0.1, 0.15) is 39.0 Å². The molecule has 0 heterocycles. The van der Waals surface area contributed by atoms with Crippen molar-refractivity contribution in [3.05, 3.63) is 0 Å². The molecule has 0 aromatic heterocycles. The van der Waals surface area contributed by atoms with E-state index in [1.807, 2.05) is 0 Å². The summed E-state index contributed by atoms with van der Waals surface area (Å²) in [5.41, 5.74) is 0. The Hall–Kier alpha value is 0.920. The van der Waals surface area contributed by atoms with E-state index < -0.39 is 6.10 Å². The van der Waals surface area contributed by atoms with Gasteiger partial charge in [-0.15, -0.1) is 0 Å². The summed E-state index contributed by atoms with van der Waals surface area (Å²) in [5.74, 6) is 0. The van der Waals surface area contributed by atoms with E-state index >= 15 is 0 Å². The highest BCUT2D eigenvalue weighted by Gasteiger charge is 2.15. The SMILES string of the molecule is CCCCCCC([O])C(Br)CBr. The summed E-state index contributed by atoms with van der Waals surface area (Å²) in [4.78, 5) is 0.0964. The van der Waals surface area contributed by atoms with E-state index in [0.717, 1.165) is 18.2 Å². The maximum absolute atomic E-state index is 11.3. The number of unbranched alkanes of at least 4 members (excludes halogenated alkanes) is 3. The van der Waals surface area contributed by atoms with Crippen molar-refractivity contribution in [2.24, 2.45) is 0 Å². The van der Waals surface area contributed by atoms with Gasteiger partial charge in [0.15, 0.2) is 0 Å². The summed E-state index contributed by atoms with van der Waals surface area (Å²) in [6.07, 6.45) is 5.14. The summed E-state index contributed by atoms with van der Waals surface area (Å²) < 4.78 is 0. The molecule has 0 N–H and O–H groups in total. The lowest BCUT2D eigenvalue weighted by Crippen LogP contribution is -2.19. The molecule has 2 unspecified atom stereocenters. The monoisotopic (exact) mass is 299 g/mol. The minimum Gasteiger partial charge on any atom is -0.232 e. The molecule has 3 heteroatoms. The number of rotatable bonds is 7. The van der Waals surface area contributed by atoms with Crippen LogP contribution in [-0.4, -0.2) is 16.3 Å². The molecule has 0 aromatic carbocycles. The summed E-state index contributed by atoms with van der Waals surface area (Å²) in [6.45, 7) is 2.18. The molecule has 0 aromatic rings. The van der Waals surface area contributed by atoms with Gasteiger partial charge in [-0.3, -0.25) is 0 Å². The van der Waals surface area contributed by atoms with Crippen LogP contribution >= 0.6 is 31.9 Å². The van der Waals surface area contributed by atoms with Gasteiger partial charge < -0.3 is 0 Å². The molecule has 0 aliphatic carbocycles. The van der Waals surface area contributed by atoms with E-state index in [4.69, 9.17) is 0 Å². The Morgan fingerprint density at radius 2 is 1.92 bits per heavy atom. The summed E-state index contributed by atoms with van der Waals surface area (Å²) in [5, 5.41) is 12.1. The molecule has 0 saturated heterocycles. The van der Waals surface area contributed by atoms with Gasteiger partial charge in [-0.1, -0.05) is 64.5 Å². The highest BCUT2D eigenvalue weighted by molar-refractivity contribution is 9.12. The van der Waals surface area contributed by atoms with Crippen LogP contribution in [-0.2, 0) is 5.11 Å². The first kappa shape index (κ1) is 12.9. The second kappa shape index (κ2) is 8.52. The van der Waals surface area contributed by atoms with Crippen LogP contribution in [0.4, 0.5) is 0 Å². The Labute approximate surface area is 92.2 Å². The van der Waals surface area contributed by atoms with Crippen molar-refractivity contribution in [1.29, 1.82) is 0 Å². The third-order valence-corrected chi connectivity index (χ3v) is 4.37. The lowest BCUT2D eigenvalue weighted by atomic mass is 10.1. The second-order valence-electron chi connectivity index (χ2n) is 3.06. The Bertz CT molecular complexity index is 98.5. The average molecular weight is 301 g/mol. The van der Waals surface area contributed by atoms with Gasteiger partial charge in [-0.25, -0.2) is 5.11 Å². The minimum absolute atomic E-state index is 0.0964. The Morgan fingerprint density at radius 3 is 2.42 bits per heavy atom. The fraction of sp³-hybridized carbons (Fsp3) is 1.00. The van der Waals surface area contributed by atoms with Crippen LogP contribution in [0.15, 0.2) is 0 Å². The van der Waals surface area contributed by atoms with E-state index in [1.54, 1.807) is 0 Å². The zero-order valence-corrected chi connectivity index (χ0v) is 10.7. The quantitative estimate of drug-likeness (QED) is 0.502. The molecule has 0 aliphatic rings. The third kappa shape index (κ3) is 6.44. The van der Waals surface area contributed by atoms with E-state index in [0.29, 0.717) is 0 Å². The Balaban J connectivity index is 3.24. The van der Waals surface area contributed by atoms with Crippen molar-refractivity contribution in [2.45, 2.75) is 50.0 Å². The molecule has 1 nitrogen and oxygen atoms in total. The van der Waals surface area contributed by atoms with Crippen molar-refractivity contribution in [3.63, 3.8) is 0 Å². The van der Waals surface area contributed by atoms with Gasteiger partial charge in [-0.2, -0.15) is 0 Å². The number of hydrogen-bond donors (Lipinski definition) is 0. The molecule has 0 spiro atoms. The van der Waals surface area contributed by atoms with Gasteiger partial charge in [-0.05, 0) is 6.42 Å². The molecule has 0 saturated carbocycles. The maximum Gasteiger partial charge on any atom is 0.106 e. The van der Waals surface area contributed by atoms with Crippen molar-refractivity contribution in [1.82, 2.24) is 0 Å². The predicted molar refractivity (Wildman–Crippen MR) is 59.7 cm³/mol. The predicted octanol–water partition coefficient (Wildman–Crippen LogP) is 3.91. The zero-order valence-electron chi connectivity index (χ0n) is 7.56. The van der Waals surface area contributed by atoms with E-state index in [9.17, 15) is 5.11 Å². The van der Waals surface area contributed by atoms with Crippen LogP contribution in [0.2, 0.25) is 0 Å². The highest BCUT2D eigenvalue weighted by atomic mass is 79.9. The topological polar surface area (TPSA) is 19.9 Å². The first-order valence-corrected chi connectivity index (χ1v) is 6.62. The van der Waals surface area contributed by atoms with E-state index in [2.05, 4.69) is 38.8 Å². The van der Waals surface area contributed by atoms with Crippen LogP contribution in [0, 0.1) is 0 Å².